The number of carbonyl (C=O) groups is 2. The second-order valence-electron chi connectivity index (χ2n) is 9.24. The minimum atomic E-state index is -3.73. The first-order valence-electron chi connectivity index (χ1n) is 12.4. The zero-order chi connectivity index (χ0) is 27.6. The molecule has 0 saturated carbocycles. The number of carbonyl (C=O) groups excluding carboxylic acids is 2. The van der Waals surface area contributed by atoms with Crippen molar-refractivity contribution in [3.05, 3.63) is 89.6 Å². The average molecular weight is 536 g/mol. The SMILES string of the molecule is COc1ccc2[nH]c(C(=O)N3CCN(Cc4cccc5c4OC(F)(F)O5)C(=O)C3)cc2c1.Cc1ccccc1. The molecule has 0 atom stereocenters. The van der Waals surface area contributed by atoms with Gasteiger partial charge in [-0.1, -0.05) is 48.0 Å². The zero-order valence-electron chi connectivity index (χ0n) is 21.4. The second-order valence-corrected chi connectivity index (χ2v) is 9.24. The fourth-order valence-corrected chi connectivity index (χ4v) is 4.46. The Labute approximate surface area is 223 Å². The largest absolute Gasteiger partial charge is 0.586 e. The number of hydrogen-bond acceptors (Lipinski definition) is 5. The van der Waals surface area contributed by atoms with Crippen molar-refractivity contribution in [1.29, 1.82) is 0 Å². The summed E-state index contributed by atoms with van der Waals surface area (Å²) in [5, 5.41) is 0.828. The van der Waals surface area contributed by atoms with E-state index >= 15 is 0 Å². The highest BCUT2D eigenvalue weighted by Gasteiger charge is 2.44. The highest BCUT2D eigenvalue weighted by atomic mass is 19.3. The first kappa shape index (κ1) is 26.0. The summed E-state index contributed by atoms with van der Waals surface area (Å²) < 4.78 is 41.1. The number of alkyl halides is 2. The monoisotopic (exact) mass is 535 g/mol. The van der Waals surface area contributed by atoms with Crippen molar-refractivity contribution in [1.82, 2.24) is 14.8 Å². The van der Waals surface area contributed by atoms with Crippen LogP contribution >= 0.6 is 0 Å². The summed E-state index contributed by atoms with van der Waals surface area (Å²) in [6, 6.07) is 22.0. The standard InChI is InChI=1S/C22H19F2N3O5.C7H8/c1-30-15-5-6-16-14(9-15)10-17(25-16)21(29)27-8-7-26(19(28)12-27)11-13-3-2-4-18-20(13)32-22(23,24)31-18;1-7-5-3-2-4-6-7/h2-6,9-10,25H,7-8,11-12H2,1H3;2-6H,1H3. The van der Waals surface area contributed by atoms with E-state index < -0.39 is 6.29 Å². The van der Waals surface area contributed by atoms with Gasteiger partial charge in [-0.05, 0) is 37.3 Å². The van der Waals surface area contributed by atoms with Crippen LogP contribution in [-0.2, 0) is 11.3 Å². The van der Waals surface area contributed by atoms with Gasteiger partial charge < -0.3 is 29.0 Å². The maximum absolute atomic E-state index is 13.4. The summed E-state index contributed by atoms with van der Waals surface area (Å²) in [6.45, 7) is 2.63. The molecule has 2 aliphatic heterocycles. The summed E-state index contributed by atoms with van der Waals surface area (Å²) in [5.74, 6) is -0.0313. The van der Waals surface area contributed by atoms with E-state index in [1.54, 1.807) is 31.4 Å². The number of aromatic nitrogens is 1. The number of piperazine rings is 1. The molecule has 0 spiro atoms. The molecule has 202 valence electrons. The number of fused-ring (bicyclic) bond motifs is 2. The van der Waals surface area contributed by atoms with Crippen LogP contribution in [0.2, 0.25) is 0 Å². The van der Waals surface area contributed by atoms with Crippen molar-refractivity contribution in [3.8, 4) is 17.2 Å². The van der Waals surface area contributed by atoms with Gasteiger partial charge in [-0.3, -0.25) is 9.59 Å². The van der Waals surface area contributed by atoms with Gasteiger partial charge in [0.1, 0.15) is 18.0 Å². The Hall–Kier alpha value is -4.60. The predicted molar refractivity (Wildman–Crippen MR) is 140 cm³/mol. The highest BCUT2D eigenvalue weighted by Crippen LogP contribution is 2.43. The number of aryl methyl sites for hydroxylation is 1. The maximum atomic E-state index is 13.4. The van der Waals surface area contributed by atoms with E-state index in [2.05, 4.69) is 33.5 Å². The third-order valence-corrected chi connectivity index (χ3v) is 6.48. The van der Waals surface area contributed by atoms with Crippen LogP contribution in [0.25, 0.3) is 10.9 Å². The Bertz CT molecular complexity index is 1510. The van der Waals surface area contributed by atoms with E-state index in [-0.39, 0.29) is 42.9 Å². The molecule has 2 amide bonds. The molecular formula is C29H27F2N3O5. The molecule has 3 aromatic carbocycles. The topological polar surface area (TPSA) is 84.1 Å². The number of aromatic amines is 1. The quantitative estimate of drug-likeness (QED) is 0.399. The first-order valence-corrected chi connectivity index (χ1v) is 12.4. The number of nitrogens with one attached hydrogen (secondary N) is 1. The third-order valence-electron chi connectivity index (χ3n) is 6.48. The lowest BCUT2D eigenvalue weighted by Gasteiger charge is -2.34. The van der Waals surface area contributed by atoms with Crippen LogP contribution < -0.4 is 14.2 Å². The van der Waals surface area contributed by atoms with Crippen molar-refractivity contribution >= 4 is 22.7 Å². The number of nitrogens with zero attached hydrogens (tertiary/aromatic N) is 2. The van der Waals surface area contributed by atoms with Gasteiger partial charge in [0.15, 0.2) is 11.5 Å². The Morgan fingerprint density at radius 1 is 1.03 bits per heavy atom. The van der Waals surface area contributed by atoms with Crippen LogP contribution in [0.5, 0.6) is 17.2 Å². The van der Waals surface area contributed by atoms with Crippen LogP contribution in [0, 0.1) is 6.92 Å². The van der Waals surface area contributed by atoms with Crippen molar-refractivity contribution in [2.75, 3.05) is 26.7 Å². The predicted octanol–water partition coefficient (Wildman–Crippen LogP) is 4.98. The summed E-state index contributed by atoms with van der Waals surface area (Å²) in [5.41, 5.74) is 2.90. The number of hydrogen-bond donors (Lipinski definition) is 1. The lowest BCUT2D eigenvalue weighted by molar-refractivity contribution is -0.287. The number of halogens is 2. The molecule has 3 heterocycles. The number of rotatable bonds is 4. The Kier molecular flexibility index (Phi) is 7.10. The first-order chi connectivity index (χ1) is 18.7. The number of para-hydroxylation sites is 1. The summed E-state index contributed by atoms with van der Waals surface area (Å²) in [4.78, 5) is 31.7. The van der Waals surface area contributed by atoms with Gasteiger partial charge in [-0.25, -0.2) is 0 Å². The van der Waals surface area contributed by atoms with Crippen molar-refractivity contribution in [2.45, 2.75) is 19.8 Å². The minimum Gasteiger partial charge on any atom is -0.497 e. The second kappa shape index (κ2) is 10.6. The molecule has 0 radical (unpaired) electrons. The van der Waals surface area contributed by atoms with E-state index in [4.69, 9.17) is 4.74 Å². The molecule has 1 aromatic heterocycles. The third kappa shape index (κ3) is 5.79. The number of methoxy groups -OCH3 is 1. The molecule has 39 heavy (non-hydrogen) atoms. The van der Waals surface area contributed by atoms with Gasteiger partial charge in [0, 0.05) is 36.1 Å². The van der Waals surface area contributed by atoms with Crippen molar-refractivity contribution < 1.29 is 32.6 Å². The van der Waals surface area contributed by atoms with E-state index in [1.807, 2.05) is 30.3 Å². The van der Waals surface area contributed by atoms with Crippen LogP contribution in [0.3, 0.4) is 0 Å². The summed E-state index contributed by atoms with van der Waals surface area (Å²) in [7, 11) is 1.57. The molecule has 1 fully saturated rings. The van der Waals surface area contributed by atoms with E-state index in [0.29, 0.717) is 23.6 Å². The van der Waals surface area contributed by atoms with Gasteiger partial charge in [0.2, 0.25) is 5.91 Å². The molecule has 1 N–H and O–H groups in total. The highest BCUT2D eigenvalue weighted by molar-refractivity contribution is 6.00. The molecule has 4 aromatic rings. The number of benzene rings is 3. The molecule has 6 rings (SSSR count). The average Bonchev–Trinajstić information content (AvgIpc) is 3.49. The van der Waals surface area contributed by atoms with E-state index in [0.717, 1.165) is 10.9 Å². The Morgan fingerprint density at radius 2 is 1.82 bits per heavy atom. The molecule has 1 saturated heterocycles. The van der Waals surface area contributed by atoms with Crippen LogP contribution in [0.15, 0.2) is 72.8 Å². The molecule has 0 aliphatic carbocycles. The normalized spacial score (nSPS) is 15.6. The lowest BCUT2D eigenvalue weighted by atomic mass is 10.1. The van der Waals surface area contributed by atoms with Crippen molar-refractivity contribution in [3.63, 3.8) is 0 Å². The van der Waals surface area contributed by atoms with Gasteiger partial charge in [0.25, 0.3) is 5.91 Å². The molecule has 2 aliphatic rings. The van der Waals surface area contributed by atoms with E-state index in [9.17, 15) is 18.4 Å². The molecule has 8 nitrogen and oxygen atoms in total. The van der Waals surface area contributed by atoms with Gasteiger partial charge in [-0.15, -0.1) is 8.78 Å². The smallest absolute Gasteiger partial charge is 0.497 e. The zero-order valence-corrected chi connectivity index (χ0v) is 21.4. The van der Waals surface area contributed by atoms with Gasteiger partial charge in [-0.2, -0.15) is 0 Å². The maximum Gasteiger partial charge on any atom is 0.586 e. The van der Waals surface area contributed by atoms with Crippen LogP contribution in [-0.4, -0.2) is 59.6 Å². The molecule has 0 bridgehead atoms. The fourth-order valence-electron chi connectivity index (χ4n) is 4.46. The van der Waals surface area contributed by atoms with Crippen molar-refractivity contribution in [2.24, 2.45) is 0 Å². The van der Waals surface area contributed by atoms with Crippen LogP contribution in [0.4, 0.5) is 8.78 Å². The number of ether oxygens (including phenoxy) is 3. The Balaban J connectivity index is 0.000000384. The number of amides is 2. The summed E-state index contributed by atoms with van der Waals surface area (Å²) in [6.07, 6.45) is -3.73. The molecule has 10 heteroatoms. The van der Waals surface area contributed by atoms with Crippen LogP contribution in [0.1, 0.15) is 21.6 Å². The fraction of sp³-hybridized carbons (Fsp3) is 0.241. The minimum absolute atomic E-state index is 0.0656. The van der Waals surface area contributed by atoms with Gasteiger partial charge in [0.05, 0.1) is 7.11 Å². The lowest BCUT2D eigenvalue weighted by Crippen LogP contribution is -2.51. The summed E-state index contributed by atoms with van der Waals surface area (Å²) >= 11 is 0. The number of H-pyrrole nitrogens is 1. The van der Waals surface area contributed by atoms with E-state index in [1.165, 1.54) is 21.4 Å². The molecule has 0 unspecified atom stereocenters. The van der Waals surface area contributed by atoms with Gasteiger partial charge >= 0.3 is 6.29 Å². The molecular weight excluding hydrogens is 508 g/mol. The Morgan fingerprint density at radius 3 is 2.51 bits per heavy atom.